The van der Waals surface area contributed by atoms with E-state index < -0.39 is 22.7 Å². The van der Waals surface area contributed by atoms with Crippen molar-refractivity contribution in [1.29, 1.82) is 0 Å². The van der Waals surface area contributed by atoms with Gasteiger partial charge in [0.05, 0.1) is 23.4 Å². The van der Waals surface area contributed by atoms with E-state index in [0.717, 1.165) is 0 Å². The molecule has 1 heterocycles. The Kier molecular flexibility index (Phi) is 4.33. The predicted molar refractivity (Wildman–Crippen MR) is 56.8 cm³/mol. The van der Waals surface area contributed by atoms with Crippen molar-refractivity contribution in [1.82, 2.24) is 4.98 Å². The molecule has 0 aliphatic carbocycles. The highest BCUT2D eigenvalue weighted by atomic mass is 79.9. The van der Waals surface area contributed by atoms with Crippen molar-refractivity contribution in [2.45, 2.75) is 11.7 Å². The van der Waals surface area contributed by atoms with Gasteiger partial charge in [0.15, 0.2) is 0 Å². The van der Waals surface area contributed by atoms with E-state index in [-0.39, 0.29) is 16.9 Å². The van der Waals surface area contributed by atoms with E-state index in [4.69, 9.17) is 0 Å². The maximum Gasteiger partial charge on any atom is 0.573 e. The molecule has 0 radical (unpaired) electrons. The topological polar surface area (TPSA) is 74.5 Å². The van der Waals surface area contributed by atoms with Crippen molar-refractivity contribution in [3.63, 3.8) is 0 Å². The molecule has 0 bridgehead atoms. The van der Waals surface area contributed by atoms with Gasteiger partial charge in [-0.2, -0.15) is 0 Å². The number of methoxy groups -OCH3 is 1. The van der Waals surface area contributed by atoms with Gasteiger partial charge in [0, 0.05) is 0 Å². The fourth-order valence-corrected chi connectivity index (χ4v) is 1.53. The predicted octanol–water partition coefficient (Wildman–Crippen LogP) is 2.79. The largest absolute Gasteiger partial charge is 0.573 e. The highest BCUT2D eigenvalue weighted by molar-refractivity contribution is 9.08. The highest BCUT2D eigenvalue weighted by Gasteiger charge is 2.36. The summed E-state index contributed by atoms with van der Waals surface area (Å²) in [6.45, 7) is 0. The van der Waals surface area contributed by atoms with Gasteiger partial charge in [-0.15, -0.1) is 13.2 Å². The molecule has 100 valence electrons. The number of nitrogens with zero attached hydrogens (tertiary/aromatic N) is 2. The third-order valence-corrected chi connectivity index (χ3v) is 2.28. The zero-order chi connectivity index (χ0) is 13.9. The van der Waals surface area contributed by atoms with Crippen LogP contribution >= 0.6 is 15.9 Å². The summed E-state index contributed by atoms with van der Waals surface area (Å²) in [5, 5.41) is 10.6. The first-order valence-electron chi connectivity index (χ1n) is 4.32. The molecule has 0 saturated carbocycles. The quantitative estimate of drug-likeness (QED) is 0.482. The number of ether oxygens (including phenoxy) is 2. The maximum atomic E-state index is 12.1. The molecule has 0 spiro atoms. The van der Waals surface area contributed by atoms with Gasteiger partial charge in [-0.05, 0) is 0 Å². The van der Waals surface area contributed by atoms with Crippen LogP contribution in [-0.4, -0.2) is 23.4 Å². The molecular weight excluding hydrogens is 325 g/mol. The normalized spacial score (nSPS) is 11.2. The minimum atomic E-state index is -5.04. The molecule has 10 heteroatoms. The summed E-state index contributed by atoms with van der Waals surface area (Å²) < 4.78 is 44.7. The Morgan fingerprint density at radius 2 is 2.17 bits per heavy atom. The van der Waals surface area contributed by atoms with Crippen LogP contribution in [-0.2, 0) is 5.33 Å². The third kappa shape index (κ3) is 3.45. The van der Waals surface area contributed by atoms with Gasteiger partial charge < -0.3 is 9.47 Å². The standard InChI is InChI=1S/C8H6BrF3N2O4/c1-17-6-2-5(18-8(10,11)12)7(14(15)16)4(3-9)13-6/h2H,3H2,1H3. The lowest BCUT2D eigenvalue weighted by atomic mass is 10.3. The molecule has 6 nitrogen and oxygen atoms in total. The van der Waals surface area contributed by atoms with Crippen molar-refractivity contribution in [3.05, 3.63) is 21.9 Å². The van der Waals surface area contributed by atoms with Crippen molar-refractivity contribution in [2.24, 2.45) is 0 Å². The molecular formula is C8H6BrF3N2O4. The Hall–Kier alpha value is -1.58. The second-order valence-electron chi connectivity index (χ2n) is 2.90. The lowest BCUT2D eigenvalue weighted by Gasteiger charge is -2.11. The van der Waals surface area contributed by atoms with Crippen molar-refractivity contribution in [2.75, 3.05) is 7.11 Å². The number of hydrogen-bond donors (Lipinski definition) is 0. The summed E-state index contributed by atoms with van der Waals surface area (Å²) in [6.07, 6.45) is -5.04. The van der Waals surface area contributed by atoms with Crippen LogP contribution in [0.1, 0.15) is 5.69 Å². The Bertz CT molecular complexity index is 466. The summed E-state index contributed by atoms with van der Waals surface area (Å²) in [5.74, 6) is -1.18. The van der Waals surface area contributed by atoms with Gasteiger partial charge in [0.25, 0.3) is 0 Å². The van der Waals surface area contributed by atoms with E-state index in [9.17, 15) is 23.3 Å². The summed E-state index contributed by atoms with van der Waals surface area (Å²) in [6, 6.07) is 0.706. The van der Waals surface area contributed by atoms with Crippen LogP contribution in [0.25, 0.3) is 0 Å². The molecule has 1 aromatic rings. The molecule has 1 rings (SSSR count). The lowest BCUT2D eigenvalue weighted by Crippen LogP contribution is -2.18. The minimum absolute atomic E-state index is 0.116. The zero-order valence-corrected chi connectivity index (χ0v) is 10.4. The van der Waals surface area contributed by atoms with Crippen LogP contribution in [0.2, 0.25) is 0 Å². The molecule has 0 amide bonds. The molecule has 0 aliphatic rings. The fraction of sp³-hybridized carbons (Fsp3) is 0.375. The van der Waals surface area contributed by atoms with E-state index in [1.54, 1.807) is 0 Å². The number of alkyl halides is 4. The first-order valence-corrected chi connectivity index (χ1v) is 5.44. The van der Waals surface area contributed by atoms with Gasteiger partial charge in [-0.3, -0.25) is 10.1 Å². The third-order valence-electron chi connectivity index (χ3n) is 1.75. The molecule has 0 aliphatic heterocycles. The second kappa shape index (κ2) is 5.38. The number of halogens is 4. The van der Waals surface area contributed by atoms with Crippen molar-refractivity contribution in [3.8, 4) is 11.6 Å². The fourth-order valence-electron chi connectivity index (χ4n) is 1.14. The Balaban J connectivity index is 3.39. The van der Waals surface area contributed by atoms with Crippen LogP contribution in [0.15, 0.2) is 6.07 Å². The second-order valence-corrected chi connectivity index (χ2v) is 3.46. The van der Waals surface area contributed by atoms with Crippen LogP contribution in [0, 0.1) is 10.1 Å². The minimum Gasteiger partial charge on any atom is -0.481 e. The highest BCUT2D eigenvalue weighted by Crippen LogP contribution is 2.37. The van der Waals surface area contributed by atoms with Gasteiger partial charge >= 0.3 is 12.0 Å². The first kappa shape index (κ1) is 14.5. The van der Waals surface area contributed by atoms with Gasteiger partial charge in [0.1, 0.15) is 5.69 Å². The summed E-state index contributed by atoms with van der Waals surface area (Å²) in [7, 11) is 1.17. The Morgan fingerprint density at radius 1 is 1.56 bits per heavy atom. The van der Waals surface area contributed by atoms with E-state index in [0.29, 0.717) is 6.07 Å². The van der Waals surface area contributed by atoms with Crippen LogP contribution in [0.5, 0.6) is 11.6 Å². The number of nitro groups is 1. The molecule has 1 aromatic heterocycles. The zero-order valence-electron chi connectivity index (χ0n) is 8.82. The van der Waals surface area contributed by atoms with E-state index >= 15 is 0 Å². The number of aromatic nitrogens is 1. The molecule has 0 unspecified atom stereocenters. The number of pyridine rings is 1. The van der Waals surface area contributed by atoms with Gasteiger partial charge in [-0.1, -0.05) is 15.9 Å². The number of hydrogen-bond acceptors (Lipinski definition) is 5. The van der Waals surface area contributed by atoms with Crippen LogP contribution in [0.4, 0.5) is 18.9 Å². The molecule has 0 N–H and O–H groups in total. The SMILES string of the molecule is COc1cc(OC(F)(F)F)c([N+](=O)[O-])c(CBr)n1. The van der Waals surface area contributed by atoms with Crippen molar-refractivity contribution >= 4 is 21.6 Å². The lowest BCUT2D eigenvalue weighted by molar-refractivity contribution is -0.389. The molecule has 0 fully saturated rings. The molecule has 18 heavy (non-hydrogen) atoms. The van der Waals surface area contributed by atoms with Crippen LogP contribution < -0.4 is 9.47 Å². The van der Waals surface area contributed by atoms with E-state index in [2.05, 4.69) is 30.4 Å². The maximum absolute atomic E-state index is 12.1. The monoisotopic (exact) mass is 330 g/mol. The summed E-state index contributed by atoms with van der Waals surface area (Å²) in [5.41, 5.74) is -1.08. The van der Waals surface area contributed by atoms with Gasteiger partial charge in [0.2, 0.25) is 11.6 Å². The average Bonchev–Trinajstić information content (AvgIpc) is 2.25. The van der Waals surface area contributed by atoms with Crippen LogP contribution in [0.3, 0.4) is 0 Å². The summed E-state index contributed by atoms with van der Waals surface area (Å²) in [4.78, 5) is 13.4. The smallest absolute Gasteiger partial charge is 0.481 e. The van der Waals surface area contributed by atoms with Gasteiger partial charge in [-0.25, -0.2) is 4.98 Å². The first-order chi connectivity index (χ1) is 8.28. The average molecular weight is 331 g/mol. The van der Waals surface area contributed by atoms with Crippen molar-refractivity contribution < 1.29 is 27.6 Å². The van der Waals surface area contributed by atoms with E-state index in [1.165, 1.54) is 7.11 Å². The number of rotatable bonds is 4. The molecule has 0 atom stereocenters. The Labute approximate surface area is 107 Å². The summed E-state index contributed by atoms with van der Waals surface area (Å²) >= 11 is 2.89. The Morgan fingerprint density at radius 3 is 2.56 bits per heavy atom. The van der Waals surface area contributed by atoms with E-state index in [1.807, 2.05) is 0 Å². The molecule has 0 aromatic carbocycles. The molecule has 0 saturated heterocycles.